The molecule has 1 aromatic rings. The van der Waals surface area contributed by atoms with Gasteiger partial charge in [0.25, 0.3) is 5.69 Å². The molecule has 0 fully saturated rings. The largest absolute Gasteiger partial charge is 0.391 e. The molecule has 0 spiro atoms. The van der Waals surface area contributed by atoms with Gasteiger partial charge in [0.15, 0.2) is 0 Å². The molecule has 1 atom stereocenters. The number of nitro benzene ring substituents is 1. The van der Waals surface area contributed by atoms with Crippen LogP contribution in [0.25, 0.3) is 0 Å². The number of nitro groups is 1. The minimum atomic E-state index is -4.28. The standard InChI is InChI=1S/C11H14F3N3O2/c1-7(6-11(12,13)14)16-9-3-8(15-2)4-10(5-9)17(18)19/h3-5,7,15-16H,6H2,1-2H3. The van der Waals surface area contributed by atoms with E-state index in [1.807, 2.05) is 0 Å². The summed E-state index contributed by atoms with van der Waals surface area (Å²) < 4.78 is 36.6. The van der Waals surface area contributed by atoms with E-state index in [1.165, 1.54) is 25.1 Å². The van der Waals surface area contributed by atoms with Gasteiger partial charge in [0.2, 0.25) is 0 Å². The van der Waals surface area contributed by atoms with E-state index in [9.17, 15) is 23.3 Å². The van der Waals surface area contributed by atoms with Crippen LogP contribution in [0.3, 0.4) is 0 Å². The van der Waals surface area contributed by atoms with E-state index in [2.05, 4.69) is 10.6 Å². The normalized spacial score (nSPS) is 12.9. The first-order chi connectivity index (χ1) is 8.71. The predicted octanol–water partition coefficient (Wildman–Crippen LogP) is 3.39. The first kappa shape index (κ1) is 15.1. The van der Waals surface area contributed by atoms with E-state index in [-0.39, 0.29) is 11.4 Å². The Hall–Kier alpha value is -1.99. The minimum absolute atomic E-state index is 0.187. The monoisotopic (exact) mass is 277 g/mol. The number of non-ortho nitro benzene ring substituents is 1. The highest BCUT2D eigenvalue weighted by molar-refractivity contribution is 5.63. The van der Waals surface area contributed by atoms with Crippen molar-refractivity contribution in [3.05, 3.63) is 28.3 Å². The van der Waals surface area contributed by atoms with Crippen LogP contribution in [0.1, 0.15) is 13.3 Å². The van der Waals surface area contributed by atoms with E-state index in [0.29, 0.717) is 5.69 Å². The molecule has 0 saturated carbocycles. The van der Waals surface area contributed by atoms with Crippen molar-refractivity contribution in [1.82, 2.24) is 0 Å². The van der Waals surface area contributed by atoms with Gasteiger partial charge in [-0.2, -0.15) is 13.2 Å². The summed E-state index contributed by atoms with van der Waals surface area (Å²) >= 11 is 0. The van der Waals surface area contributed by atoms with E-state index in [0.717, 1.165) is 0 Å². The van der Waals surface area contributed by atoms with Gasteiger partial charge in [-0.05, 0) is 13.0 Å². The Kier molecular flexibility index (Phi) is 4.57. The van der Waals surface area contributed by atoms with Gasteiger partial charge in [-0.15, -0.1) is 0 Å². The summed E-state index contributed by atoms with van der Waals surface area (Å²) in [5.41, 5.74) is 0.541. The molecule has 0 aromatic heterocycles. The third-order valence-corrected chi connectivity index (χ3v) is 2.37. The minimum Gasteiger partial charge on any atom is -0.388 e. The van der Waals surface area contributed by atoms with Crippen molar-refractivity contribution in [2.45, 2.75) is 25.6 Å². The van der Waals surface area contributed by atoms with Gasteiger partial charge in [0.05, 0.1) is 11.3 Å². The van der Waals surface area contributed by atoms with E-state index >= 15 is 0 Å². The summed E-state index contributed by atoms with van der Waals surface area (Å²) in [7, 11) is 1.57. The number of benzene rings is 1. The summed E-state index contributed by atoms with van der Waals surface area (Å²) in [5, 5.41) is 16.0. The Morgan fingerprint density at radius 2 is 1.89 bits per heavy atom. The van der Waals surface area contributed by atoms with Gasteiger partial charge in [0, 0.05) is 36.6 Å². The van der Waals surface area contributed by atoms with Crippen molar-refractivity contribution >= 4 is 17.1 Å². The Balaban J connectivity index is 2.88. The van der Waals surface area contributed by atoms with E-state index < -0.39 is 23.6 Å². The molecule has 0 aliphatic heterocycles. The third-order valence-electron chi connectivity index (χ3n) is 2.37. The topological polar surface area (TPSA) is 67.2 Å². The van der Waals surface area contributed by atoms with Crippen molar-refractivity contribution < 1.29 is 18.1 Å². The molecule has 0 aliphatic carbocycles. The average Bonchev–Trinajstić information content (AvgIpc) is 2.25. The number of hydrogen-bond acceptors (Lipinski definition) is 4. The Morgan fingerprint density at radius 1 is 1.32 bits per heavy atom. The number of nitrogens with zero attached hydrogens (tertiary/aromatic N) is 1. The van der Waals surface area contributed by atoms with Crippen LogP contribution in [0, 0.1) is 10.1 Å². The number of anilines is 2. The van der Waals surface area contributed by atoms with Gasteiger partial charge in [-0.3, -0.25) is 10.1 Å². The molecule has 0 heterocycles. The van der Waals surface area contributed by atoms with Gasteiger partial charge in [0.1, 0.15) is 0 Å². The number of alkyl halides is 3. The highest BCUT2D eigenvalue weighted by Crippen LogP contribution is 2.27. The van der Waals surface area contributed by atoms with Gasteiger partial charge in [-0.25, -0.2) is 0 Å². The smallest absolute Gasteiger partial charge is 0.388 e. The maximum atomic E-state index is 12.2. The zero-order valence-corrected chi connectivity index (χ0v) is 10.4. The molecule has 1 unspecified atom stereocenters. The summed E-state index contributed by atoms with van der Waals surface area (Å²) in [4.78, 5) is 10.1. The fourth-order valence-electron chi connectivity index (χ4n) is 1.63. The Bertz CT molecular complexity index is 463. The zero-order valence-electron chi connectivity index (χ0n) is 10.4. The molecular formula is C11H14F3N3O2. The van der Waals surface area contributed by atoms with Crippen LogP contribution in [-0.2, 0) is 0 Å². The summed E-state index contributed by atoms with van der Waals surface area (Å²) in [5.74, 6) is 0. The van der Waals surface area contributed by atoms with E-state index in [1.54, 1.807) is 7.05 Å². The first-order valence-electron chi connectivity index (χ1n) is 5.52. The second-order valence-electron chi connectivity index (χ2n) is 4.14. The molecule has 2 N–H and O–H groups in total. The molecule has 0 bridgehead atoms. The number of rotatable bonds is 5. The fourth-order valence-corrected chi connectivity index (χ4v) is 1.63. The lowest BCUT2D eigenvalue weighted by atomic mass is 10.2. The van der Waals surface area contributed by atoms with Gasteiger partial charge >= 0.3 is 6.18 Å². The molecule has 0 radical (unpaired) electrons. The summed E-state index contributed by atoms with van der Waals surface area (Å²) in [6, 6.07) is 3.15. The molecule has 5 nitrogen and oxygen atoms in total. The number of hydrogen-bond donors (Lipinski definition) is 2. The molecule has 0 aliphatic rings. The van der Waals surface area contributed by atoms with Crippen LogP contribution in [0.5, 0.6) is 0 Å². The molecule has 1 rings (SSSR count). The Labute approximate surface area is 108 Å². The summed E-state index contributed by atoms with van der Waals surface area (Å²) in [6.07, 6.45) is -5.29. The number of nitrogens with one attached hydrogen (secondary N) is 2. The van der Waals surface area contributed by atoms with Crippen molar-refractivity contribution in [2.24, 2.45) is 0 Å². The van der Waals surface area contributed by atoms with Crippen LogP contribution < -0.4 is 10.6 Å². The SMILES string of the molecule is CNc1cc(NC(C)CC(F)(F)F)cc([N+](=O)[O-])c1. The fraction of sp³-hybridized carbons (Fsp3) is 0.455. The van der Waals surface area contributed by atoms with Crippen LogP contribution in [0.4, 0.5) is 30.2 Å². The van der Waals surface area contributed by atoms with Crippen LogP contribution in [-0.4, -0.2) is 24.2 Å². The zero-order chi connectivity index (χ0) is 14.6. The molecule has 0 amide bonds. The Morgan fingerprint density at radius 3 is 2.37 bits per heavy atom. The lowest BCUT2D eigenvalue weighted by Gasteiger charge is -2.17. The summed E-state index contributed by atoms with van der Waals surface area (Å²) in [6.45, 7) is 1.37. The average molecular weight is 277 g/mol. The van der Waals surface area contributed by atoms with Crippen LogP contribution in [0.15, 0.2) is 18.2 Å². The third kappa shape index (κ3) is 5.02. The molecule has 1 aromatic carbocycles. The van der Waals surface area contributed by atoms with Crippen LogP contribution >= 0.6 is 0 Å². The maximum absolute atomic E-state index is 12.2. The second-order valence-corrected chi connectivity index (χ2v) is 4.14. The highest BCUT2D eigenvalue weighted by atomic mass is 19.4. The van der Waals surface area contributed by atoms with Crippen LogP contribution in [0.2, 0.25) is 0 Å². The number of halogens is 3. The highest BCUT2D eigenvalue weighted by Gasteiger charge is 2.30. The maximum Gasteiger partial charge on any atom is 0.391 e. The predicted molar refractivity (Wildman–Crippen MR) is 66.4 cm³/mol. The molecule has 106 valence electrons. The molecule has 19 heavy (non-hydrogen) atoms. The molecule has 8 heteroatoms. The second kappa shape index (κ2) is 5.77. The van der Waals surface area contributed by atoms with Crippen molar-refractivity contribution in [3.63, 3.8) is 0 Å². The van der Waals surface area contributed by atoms with Gasteiger partial charge in [-0.1, -0.05) is 0 Å². The van der Waals surface area contributed by atoms with E-state index in [4.69, 9.17) is 0 Å². The van der Waals surface area contributed by atoms with Crippen molar-refractivity contribution in [1.29, 1.82) is 0 Å². The molecular weight excluding hydrogens is 263 g/mol. The quantitative estimate of drug-likeness (QED) is 0.639. The van der Waals surface area contributed by atoms with Gasteiger partial charge < -0.3 is 10.6 Å². The lowest BCUT2D eigenvalue weighted by molar-refractivity contribution is -0.384. The van der Waals surface area contributed by atoms with Crippen molar-refractivity contribution in [2.75, 3.05) is 17.7 Å². The first-order valence-corrected chi connectivity index (χ1v) is 5.52. The van der Waals surface area contributed by atoms with Crippen molar-refractivity contribution in [3.8, 4) is 0 Å². The molecule has 0 saturated heterocycles. The lowest BCUT2D eigenvalue weighted by Crippen LogP contribution is -2.23.